The fraction of sp³-hybridized carbons (Fsp3) is 0.650. The minimum absolute atomic E-state index is 0.212. The minimum atomic E-state index is -0.843. The molecule has 4 rings (SSSR count). The second-order valence-electron chi connectivity index (χ2n) is 8.02. The van der Waals surface area contributed by atoms with Crippen molar-refractivity contribution in [1.82, 2.24) is 9.80 Å². The molecule has 25 heavy (non-hydrogen) atoms. The summed E-state index contributed by atoms with van der Waals surface area (Å²) in [6.07, 6.45) is 8.05. The van der Waals surface area contributed by atoms with E-state index in [2.05, 4.69) is 4.90 Å². The molecule has 1 aliphatic carbocycles. The first kappa shape index (κ1) is 17.0. The molecule has 0 unspecified atom stereocenters. The lowest BCUT2D eigenvalue weighted by atomic mass is 9.78. The van der Waals surface area contributed by atoms with Gasteiger partial charge in [0, 0.05) is 25.7 Å². The molecule has 0 bridgehead atoms. The van der Waals surface area contributed by atoms with Crippen LogP contribution < -0.4 is 0 Å². The van der Waals surface area contributed by atoms with Gasteiger partial charge < -0.3 is 4.90 Å². The van der Waals surface area contributed by atoms with Crippen molar-refractivity contribution in [2.75, 3.05) is 19.6 Å². The number of rotatable bonds is 3. The highest BCUT2D eigenvalue weighted by atomic mass is 19.2. The van der Waals surface area contributed by atoms with E-state index in [9.17, 15) is 13.6 Å². The van der Waals surface area contributed by atoms with Gasteiger partial charge in [-0.1, -0.05) is 18.9 Å². The molecule has 1 amide bonds. The number of carbonyl (C=O) groups excluding carboxylic acids is 1. The number of benzene rings is 1. The number of halogens is 2. The lowest BCUT2D eigenvalue weighted by molar-refractivity contribution is -0.146. The minimum Gasteiger partial charge on any atom is -0.338 e. The van der Waals surface area contributed by atoms with Gasteiger partial charge in [0.2, 0.25) is 5.91 Å². The highest BCUT2D eigenvalue weighted by molar-refractivity contribution is 5.84. The van der Waals surface area contributed by atoms with Gasteiger partial charge in [-0.25, -0.2) is 8.78 Å². The lowest BCUT2D eigenvalue weighted by Crippen LogP contribution is -2.50. The highest BCUT2D eigenvalue weighted by Gasteiger charge is 2.49. The first-order chi connectivity index (χ1) is 12.1. The first-order valence-electron chi connectivity index (χ1n) is 9.55. The van der Waals surface area contributed by atoms with E-state index in [-0.39, 0.29) is 11.3 Å². The summed E-state index contributed by atoms with van der Waals surface area (Å²) in [4.78, 5) is 17.6. The number of likely N-dealkylation sites (tertiary alicyclic amines) is 2. The van der Waals surface area contributed by atoms with Gasteiger partial charge in [0.1, 0.15) is 0 Å². The van der Waals surface area contributed by atoms with Crippen LogP contribution in [0.25, 0.3) is 0 Å². The summed E-state index contributed by atoms with van der Waals surface area (Å²) >= 11 is 0. The summed E-state index contributed by atoms with van der Waals surface area (Å²) in [6.45, 7) is 2.99. The van der Waals surface area contributed by atoms with Crippen LogP contribution in [0.15, 0.2) is 18.2 Å². The van der Waals surface area contributed by atoms with Crippen LogP contribution in [0.3, 0.4) is 0 Å². The second kappa shape index (κ2) is 6.67. The Morgan fingerprint density at radius 3 is 2.60 bits per heavy atom. The van der Waals surface area contributed by atoms with E-state index in [1.807, 2.05) is 4.90 Å². The van der Waals surface area contributed by atoms with Crippen LogP contribution in [0.4, 0.5) is 8.78 Å². The van der Waals surface area contributed by atoms with Crippen LogP contribution >= 0.6 is 0 Å². The van der Waals surface area contributed by atoms with Gasteiger partial charge in [0.25, 0.3) is 0 Å². The molecule has 136 valence electrons. The van der Waals surface area contributed by atoms with Crippen LogP contribution in [-0.4, -0.2) is 41.4 Å². The van der Waals surface area contributed by atoms with Crippen molar-refractivity contribution in [1.29, 1.82) is 0 Å². The van der Waals surface area contributed by atoms with E-state index >= 15 is 0 Å². The van der Waals surface area contributed by atoms with Crippen LogP contribution in [0.1, 0.15) is 50.5 Å². The third kappa shape index (κ3) is 3.19. The Balaban J connectivity index is 1.46. The predicted molar refractivity (Wildman–Crippen MR) is 91.9 cm³/mol. The molecular formula is C20H26F2N2O. The Morgan fingerprint density at radius 1 is 1.04 bits per heavy atom. The molecule has 0 N–H and O–H groups in total. The molecule has 2 heterocycles. The van der Waals surface area contributed by atoms with E-state index in [1.165, 1.54) is 31.7 Å². The zero-order valence-corrected chi connectivity index (χ0v) is 14.6. The monoisotopic (exact) mass is 348 g/mol. The molecule has 1 saturated carbocycles. The van der Waals surface area contributed by atoms with Gasteiger partial charge in [-0.3, -0.25) is 9.69 Å². The Morgan fingerprint density at radius 2 is 1.84 bits per heavy atom. The quantitative estimate of drug-likeness (QED) is 0.831. The second-order valence-corrected chi connectivity index (χ2v) is 8.02. The van der Waals surface area contributed by atoms with E-state index in [0.29, 0.717) is 24.7 Å². The van der Waals surface area contributed by atoms with Crippen molar-refractivity contribution in [2.24, 2.45) is 5.41 Å². The average molecular weight is 348 g/mol. The van der Waals surface area contributed by atoms with Gasteiger partial charge in [0.05, 0.1) is 5.41 Å². The number of hydrogen-bond acceptors (Lipinski definition) is 2. The maximum atomic E-state index is 13.5. The summed E-state index contributed by atoms with van der Waals surface area (Å²) in [7, 11) is 0. The molecular weight excluding hydrogens is 322 g/mol. The van der Waals surface area contributed by atoms with Crippen molar-refractivity contribution in [3.05, 3.63) is 35.4 Å². The standard InChI is InChI=1S/C20H26F2N2O/c21-17-7-6-15(12-18(17)22)13-23-10-3-8-20(19(23)25)9-11-24(14-20)16-4-1-2-5-16/h6-7,12,16H,1-5,8-11,13-14H2/t20-/m1/s1. The molecule has 1 spiro atoms. The van der Waals surface area contributed by atoms with Crippen LogP contribution in [0, 0.1) is 17.0 Å². The van der Waals surface area contributed by atoms with E-state index in [4.69, 9.17) is 0 Å². The largest absolute Gasteiger partial charge is 0.338 e. The van der Waals surface area contributed by atoms with Crippen molar-refractivity contribution in [3.63, 3.8) is 0 Å². The molecule has 2 aliphatic heterocycles. The number of hydrogen-bond donors (Lipinski definition) is 0. The molecule has 1 aromatic rings. The fourth-order valence-corrected chi connectivity index (χ4v) is 5.03. The molecule has 5 heteroatoms. The Labute approximate surface area is 148 Å². The lowest BCUT2D eigenvalue weighted by Gasteiger charge is -2.40. The topological polar surface area (TPSA) is 23.6 Å². The summed E-state index contributed by atoms with van der Waals surface area (Å²) in [5, 5.41) is 0. The zero-order chi connectivity index (χ0) is 17.4. The number of amides is 1. The van der Waals surface area contributed by atoms with Gasteiger partial charge in [-0.05, 0) is 56.3 Å². The van der Waals surface area contributed by atoms with Crippen LogP contribution in [0.5, 0.6) is 0 Å². The van der Waals surface area contributed by atoms with E-state index < -0.39 is 11.6 Å². The predicted octanol–water partition coefficient (Wildman–Crippen LogP) is 3.72. The third-order valence-electron chi connectivity index (χ3n) is 6.41. The summed E-state index contributed by atoms with van der Waals surface area (Å²) in [6, 6.07) is 4.59. The molecule has 3 fully saturated rings. The average Bonchev–Trinajstić information content (AvgIpc) is 3.26. The molecule has 0 aromatic heterocycles. The van der Waals surface area contributed by atoms with Crippen molar-refractivity contribution in [2.45, 2.75) is 57.5 Å². The van der Waals surface area contributed by atoms with Gasteiger partial charge in [-0.2, -0.15) is 0 Å². The van der Waals surface area contributed by atoms with Crippen molar-refractivity contribution >= 4 is 5.91 Å². The van der Waals surface area contributed by atoms with Gasteiger partial charge in [0.15, 0.2) is 11.6 Å². The van der Waals surface area contributed by atoms with Crippen molar-refractivity contribution in [3.8, 4) is 0 Å². The summed E-state index contributed by atoms with van der Waals surface area (Å²) < 4.78 is 26.6. The third-order valence-corrected chi connectivity index (χ3v) is 6.41. The highest BCUT2D eigenvalue weighted by Crippen LogP contribution is 2.42. The molecule has 2 saturated heterocycles. The number of piperidine rings is 1. The molecule has 1 aromatic carbocycles. The maximum absolute atomic E-state index is 13.5. The van der Waals surface area contributed by atoms with Crippen molar-refractivity contribution < 1.29 is 13.6 Å². The van der Waals surface area contributed by atoms with Crippen LogP contribution in [-0.2, 0) is 11.3 Å². The Kier molecular flexibility index (Phi) is 4.52. The Bertz CT molecular complexity index is 659. The Hall–Kier alpha value is -1.49. The first-order valence-corrected chi connectivity index (χ1v) is 9.55. The molecule has 3 aliphatic rings. The smallest absolute Gasteiger partial charge is 0.230 e. The maximum Gasteiger partial charge on any atom is 0.230 e. The molecule has 3 nitrogen and oxygen atoms in total. The van der Waals surface area contributed by atoms with Crippen LogP contribution in [0.2, 0.25) is 0 Å². The van der Waals surface area contributed by atoms with E-state index in [1.54, 1.807) is 6.07 Å². The molecule has 0 radical (unpaired) electrons. The summed E-state index contributed by atoms with van der Waals surface area (Å²) in [5.74, 6) is -1.47. The SMILES string of the molecule is O=C1N(Cc2ccc(F)c(F)c2)CCC[C@]12CCN(C1CCCC1)C2. The molecule has 1 atom stereocenters. The van der Waals surface area contributed by atoms with Gasteiger partial charge >= 0.3 is 0 Å². The fourth-order valence-electron chi connectivity index (χ4n) is 5.03. The van der Waals surface area contributed by atoms with E-state index in [0.717, 1.165) is 38.4 Å². The number of nitrogens with zero attached hydrogens (tertiary/aromatic N) is 2. The summed E-state index contributed by atoms with van der Waals surface area (Å²) in [5.41, 5.74) is 0.411. The zero-order valence-electron chi connectivity index (χ0n) is 14.6. The van der Waals surface area contributed by atoms with Gasteiger partial charge in [-0.15, -0.1) is 0 Å². The normalized spacial score (nSPS) is 28.4. The number of carbonyl (C=O) groups is 1.